The summed E-state index contributed by atoms with van der Waals surface area (Å²) in [4.78, 5) is 52.3. The first kappa shape index (κ1) is 21.7. The smallest absolute Gasteiger partial charge is 0.410 e. The van der Waals surface area contributed by atoms with E-state index in [0.717, 1.165) is 0 Å². The van der Waals surface area contributed by atoms with Crippen molar-refractivity contribution in [2.24, 2.45) is 0 Å². The number of carbonyl (C=O) groups excluding carboxylic acids is 4. The van der Waals surface area contributed by atoms with Crippen molar-refractivity contribution in [3.05, 3.63) is 28.8 Å². The van der Waals surface area contributed by atoms with Crippen LogP contribution in [0.2, 0.25) is 0 Å². The molecule has 10 heteroatoms. The number of nitrogens with zero attached hydrogens (tertiary/aromatic N) is 2. The third-order valence-electron chi connectivity index (χ3n) is 6.55. The van der Waals surface area contributed by atoms with Crippen LogP contribution < -0.4 is 10.1 Å². The molecule has 10 nitrogen and oxygen atoms in total. The summed E-state index contributed by atoms with van der Waals surface area (Å²) in [5.41, 5.74) is 0.263. The summed E-state index contributed by atoms with van der Waals surface area (Å²) in [7, 11) is 0. The summed E-state index contributed by atoms with van der Waals surface area (Å²) in [5, 5.41) is 13.1. The van der Waals surface area contributed by atoms with Gasteiger partial charge in [0.1, 0.15) is 23.0 Å². The van der Waals surface area contributed by atoms with Gasteiger partial charge < -0.3 is 24.4 Å². The van der Waals surface area contributed by atoms with Crippen LogP contribution in [0.5, 0.6) is 5.75 Å². The van der Waals surface area contributed by atoms with Gasteiger partial charge in [0.25, 0.3) is 5.91 Å². The number of likely N-dealkylation sites (tertiary alicyclic amines) is 1. The lowest BCUT2D eigenvalue weighted by Gasteiger charge is -2.52. The number of aliphatic hydroxyl groups is 1. The van der Waals surface area contributed by atoms with E-state index in [0.29, 0.717) is 28.9 Å². The van der Waals surface area contributed by atoms with Crippen LogP contribution in [0.25, 0.3) is 0 Å². The van der Waals surface area contributed by atoms with Gasteiger partial charge in [-0.3, -0.25) is 19.7 Å². The fourth-order valence-electron chi connectivity index (χ4n) is 5.03. The molecule has 0 saturated carbocycles. The number of piperidine rings is 1. The molecule has 2 atom stereocenters. The maximum atomic E-state index is 13.1. The molecule has 0 aliphatic carbocycles. The Morgan fingerprint density at radius 2 is 1.97 bits per heavy atom. The average Bonchev–Trinajstić information content (AvgIpc) is 3.01. The molecule has 4 aliphatic rings. The van der Waals surface area contributed by atoms with Crippen LogP contribution >= 0.6 is 0 Å². The van der Waals surface area contributed by atoms with Gasteiger partial charge in [0.2, 0.25) is 11.8 Å². The number of hydrogen-bond donors (Lipinski definition) is 2. The summed E-state index contributed by atoms with van der Waals surface area (Å²) < 4.78 is 11.8. The van der Waals surface area contributed by atoms with Crippen LogP contribution in [0.15, 0.2) is 12.1 Å². The molecule has 33 heavy (non-hydrogen) atoms. The van der Waals surface area contributed by atoms with Gasteiger partial charge >= 0.3 is 6.09 Å². The van der Waals surface area contributed by atoms with Crippen molar-refractivity contribution in [3.63, 3.8) is 0 Å². The van der Waals surface area contributed by atoms with Crippen molar-refractivity contribution in [3.8, 4) is 5.75 Å². The van der Waals surface area contributed by atoms with Crippen LogP contribution in [0.4, 0.5) is 4.79 Å². The SMILES string of the molecule is CC(C)(C)OC(=O)N1CC2(CC(O)c3ccc4c(c3O2)CN(C2CCC(=O)NC2=O)C4=O)C1. The monoisotopic (exact) mass is 457 g/mol. The van der Waals surface area contributed by atoms with E-state index in [4.69, 9.17) is 9.47 Å². The van der Waals surface area contributed by atoms with Crippen LogP contribution in [0, 0.1) is 0 Å². The zero-order chi connectivity index (χ0) is 23.7. The Bertz CT molecular complexity index is 1070. The van der Waals surface area contributed by atoms with E-state index in [2.05, 4.69) is 5.32 Å². The lowest BCUT2D eigenvalue weighted by Crippen LogP contribution is -2.68. The molecule has 2 N–H and O–H groups in total. The first-order valence-electron chi connectivity index (χ1n) is 11.1. The Morgan fingerprint density at radius 1 is 1.24 bits per heavy atom. The van der Waals surface area contributed by atoms with Gasteiger partial charge in [0, 0.05) is 29.5 Å². The maximum absolute atomic E-state index is 13.1. The van der Waals surface area contributed by atoms with E-state index >= 15 is 0 Å². The fourth-order valence-corrected chi connectivity index (χ4v) is 5.03. The molecule has 2 unspecified atom stereocenters. The molecule has 1 spiro atoms. The van der Waals surface area contributed by atoms with Gasteiger partial charge in [-0.1, -0.05) is 6.07 Å². The molecule has 176 valence electrons. The number of nitrogens with one attached hydrogen (secondary N) is 1. The minimum Gasteiger partial charge on any atom is -0.483 e. The summed E-state index contributed by atoms with van der Waals surface area (Å²) in [5.74, 6) is -0.682. The maximum Gasteiger partial charge on any atom is 0.410 e. The van der Waals surface area contributed by atoms with Crippen LogP contribution in [-0.4, -0.2) is 69.1 Å². The summed E-state index contributed by atoms with van der Waals surface area (Å²) in [6.07, 6.45) is -0.476. The van der Waals surface area contributed by atoms with E-state index in [-0.39, 0.29) is 44.3 Å². The lowest BCUT2D eigenvalue weighted by molar-refractivity contribution is -0.137. The van der Waals surface area contributed by atoms with Gasteiger partial charge in [0.15, 0.2) is 0 Å². The standard InChI is InChI=1S/C23H27N3O7/c1-22(2,3)33-21(31)25-10-23(11-25)8-16(27)13-5-4-12-14(18(13)32-23)9-26(20(12)30)15-6-7-17(28)24-19(15)29/h4-5,15-16,27H,6-11H2,1-3H3,(H,24,28,29). The minimum absolute atomic E-state index is 0.155. The topological polar surface area (TPSA) is 125 Å². The van der Waals surface area contributed by atoms with Crippen molar-refractivity contribution in [2.45, 2.75) is 69.9 Å². The Morgan fingerprint density at radius 3 is 2.64 bits per heavy atom. The van der Waals surface area contributed by atoms with E-state index in [1.54, 1.807) is 32.9 Å². The normalized spacial score (nSPS) is 25.8. The number of ether oxygens (including phenoxy) is 2. The van der Waals surface area contributed by atoms with Crippen molar-refractivity contribution in [1.82, 2.24) is 15.1 Å². The molecule has 0 aromatic heterocycles. The lowest BCUT2D eigenvalue weighted by atomic mass is 9.82. The largest absolute Gasteiger partial charge is 0.483 e. The van der Waals surface area contributed by atoms with Crippen LogP contribution in [0.1, 0.15) is 67.6 Å². The van der Waals surface area contributed by atoms with Crippen LogP contribution in [0.3, 0.4) is 0 Å². The molecular formula is C23H27N3O7. The Kier molecular flexibility index (Phi) is 4.72. The number of amides is 4. The molecule has 1 aromatic carbocycles. The first-order valence-corrected chi connectivity index (χ1v) is 11.1. The summed E-state index contributed by atoms with van der Waals surface area (Å²) in [6.45, 7) is 6.09. The van der Waals surface area contributed by atoms with Crippen LogP contribution in [-0.2, 0) is 20.9 Å². The second kappa shape index (κ2) is 7.18. The highest BCUT2D eigenvalue weighted by Crippen LogP contribution is 2.48. The molecule has 5 rings (SSSR count). The molecule has 1 aromatic rings. The molecule has 4 aliphatic heterocycles. The van der Waals surface area contributed by atoms with Gasteiger partial charge in [-0.05, 0) is 33.3 Å². The summed E-state index contributed by atoms with van der Waals surface area (Å²) >= 11 is 0. The second-order valence-electron chi connectivity index (χ2n) is 10.3. The van der Waals surface area contributed by atoms with E-state index in [9.17, 15) is 24.3 Å². The summed E-state index contributed by atoms with van der Waals surface area (Å²) in [6, 6.07) is 2.61. The molecule has 0 bridgehead atoms. The Hall–Kier alpha value is -3.14. The van der Waals surface area contributed by atoms with Gasteiger partial charge in [-0.25, -0.2) is 4.79 Å². The second-order valence-corrected chi connectivity index (χ2v) is 10.3. The Balaban J connectivity index is 1.37. The predicted octanol–water partition coefficient (Wildman–Crippen LogP) is 1.25. The van der Waals surface area contributed by atoms with Crippen molar-refractivity contribution in [2.75, 3.05) is 13.1 Å². The van der Waals surface area contributed by atoms with E-state index in [1.165, 1.54) is 9.80 Å². The number of benzene rings is 1. The van der Waals surface area contributed by atoms with Gasteiger partial charge in [0.05, 0.1) is 25.7 Å². The predicted molar refractivity (Wildman–Crippen MR) is 113 cm³/mol. The highest BCUT2D eigenvalue weighted by atomic mass is 16.6. The zero-order valence-electron chi connectivity index (χ0n) is 18.8. The molecule has 2 fully saturated rings. The highest BCUT2D eigenvalue weighted by Gasteiger charge is 2.54. The van der Waals surface area contributed by atoms with Crippen molar-refractivity contribution < 1.29 is 33.8 Å². The first-order chi connectivity index (χ1) is 15.5. The number of rotatable bonds is 1. The third kappa shape index (κ3) is 3.62. The van der Waals surface area contributed by atoms with Gasteiger partial charge in [-0.2, -0.15) is 0 Å². The number of fused-ring (bicyclic) bond motifs is 3. The average molecular weight is 457 g/mol. The molecular weight excluding hydrogens is 430 g/mol. The third-order valence-corrected chi connectivity index (χ3v) is 6.55. The fraction of sp³-hybridized carbons (Fsp3) is 0.565. The molecule has 2 saturated heterocycles. The van der Waals surface area contributed by atoms with Crippen molar-refractivity contribution in [1.29, 1.82) is 0 Å². The molecule has 4 amide bonds. The zero-order valence-corrected chi connectivity index (χ0v) is 18.8. The molecule has 4 heterocycles. The quantitative estimate of drug-likeness (QED) is 0.608. The number of carbonyl (C=O) groups is 4. The molecule has 0 radical (unpaired) electrons. The minimum atomic E-state index is -0.806. The highest BCUT2D eigenvalue weighted by molar-refractivity contribution is 6.05. The number of aliphatic hydroxyl groups excluding tert-OH is 1. The van der Waals surface area contributed by atoms with E-state index in [1.807, 2.05) is 0 Å². The Labute approximate surface area is 190 Å². The van der Waals surface area contributed by atoms with Gasteiger partial charge in [-0.15, -0.1) is 0 Å². The number of hydrogen-bond acceptors (Lipinski definition) is 7. The van der Waals surface area contributed by atoms with E-state index < -0.39 is 35.3 Å². The number of imide groups is 1. The van der Waals surface area contributed by atoms with Crippen molar-refractivity contribution >= 4 is 23.8 Å².